The van der Waals surface area contributed by atoms with Crippen LogP contribution in [0.5, 0.6) is 0 Å². The van der Waals surface area contributed by atoms with E-state index in [4.69, 9.17) is 4.74 Å². The molecule has 138 valence electrons. The summed E-state index contributed by atoms with van der Waals surface area (Å²) in [5.74, 6) is 0.810. The van der Waals surface area contributed by atoms with Crippen LogP contribution in [0, 0.1) is 5.41 Å². The molecule has 2 aliphatic rings. The van der Waals surface area contributed by atoms with E-state index in [9.17, 15) is 9.90 Å². The molecule has 1 saturated carbocycles. The van der Waals surface area contributed by atoms with Crippen LogP contribution < -0.4 is 10.2 Å². The highest BCUT2D eigenvalue weighted by atomic mass is 16.5. The third-order valence-electron chi connectivity index (χ3n) is 5.30. The van der Waals surface area contributed by atoms with Crippen LogP contribution in [0.2, 0.25) is 0 Å². The van der Waals surface area contributed by atoms with Gasteiger partial charge in [-0.2, -0.15) is 0 Å². The minimum atomic E-state index is -0.106. The molecule has 0 aromatic carbocycles. The Morgan fingerprint density at radius 2 is 2.36 bits per heavy atom. The van der Waals surface area contributed by atoms with E-state index < -0.39 is 0 Å². The summed E-state index contributed by atoms with van der Waals surface area (Å²) < 4.78 is 5.16. The second-order valence-corrected chi connectivity index (χ2v) is 7.43. The van der Waals surface area contributed by atoms with Gasteiger partial charge in [0.25, 0.3) is 5.91 Å². The predicted octanol–water partition coefficient (Wildman–Crippen LogP) is 1.98. The SMILES string of the molecule is COCCCC1(CO)CCCN(c2cc(C(=O)NC3CC3)ccn2)C1. The van der Waals surface area contributed by atoms with Gasteiger partial charge in [-0.1, -0.05) is 0 Å². The van der Waals surface area contributed by atoms with Gasteiger partial charge in [-0.15, -0.1) is 0 Å². The van der Waals surface area contributed by atoms with Crippen molar-refractivity contribution in [1.29, 1.82) is 0 Å². The van der Waals surface area contributed by atoms with Crippen molar-refractivity contribution in [3.8, 4) is 0 Å². The molecule has 1 saturated heterocycles. The third kappa shape index (κ3) is 4.70. The number of hydrogen-bond acceptors (Lipinski definition) is 5. The second kappa shape index (κ2) is 8.15. The Kier molecular flexibility index (Phi) is 5.91. The minimum absolute atomic E-state index is 0.0170. The molecule has 0 spiro atoms. The number of ether oxygens (including phenoxy) is 1. The molecule has 3 rings (SSSR count). The molecule has 0 bridgehead atoms. The largest absolute Gasteiger partial charge is 0.396 e. The van der Waals surface area contributed by atoms with Crippen LogP contribution in [0.1, 0.15) is 48.9 Å². The normalized spacial score (nSPS) is 23.5. The average Bonchev–Trinajstić information content (AvgIpc) is 3.46. The molecular formula is C19H29N3O3. The minimum Gasteiger partial charge on any atom is -0.396 e. The van der Waals surface area contributed by atoms with E-state index in [-0.39, 0.29) is 17.9 Å². The number of rotatable bonds is 8. The van der Waals surface area contributed by atoms with E-state index in [0.29, 0.717) is 11.6 Å². The molecule has 2 N–H and O–H groups in total. The lowest BCUT2D eigenvalue weighted by molar-refractivity contribution is 0.0820. The van der Waals surface area contributed by atoms with Gasteiger partial charge in [0.05, 0.1) is 6.61 Å². The van der Waals surface area contributed by atoms with Gasteiger partial charge in [0.2, 0.25) is 0 Å². The predicted molar refractivity (Wildman–Crippen MR) is 96.8 cm³/mol. The van der Waals surface area contributed by atoms with E-state index in [1.54, 1.807) is 19.4 Å². The summed E-state index contributed by atoms with van der Waals surface area (Å²) in [5.41, 5.74) is 0.557. The van der Waals surface area contributed by atoms with Gasteiger partial charge in [0.15, 0.2) is 0 Å². The summed E-state index contributed by atoms with van der Waals surface area (Å²) >= 11 is 0. The topological polar surface area (TPSA) is 74.7 Å². The van der Waals surface area contributed by atoms with Gasteiger partial charge >= 0.3 is 0 Å². The number of nitrogens with zero attached hydrogens (tertiary/aromatic N) is 2. The lowest BCUT2D eigenvalue weighted by Crippen LogP contribution is -2.46. The number of hydrogen-bond donors (Lipinski definition) is 2. The first kappa shape index (κ1) is 18.1. The Balaban J connectivity index is 1.68. The van der Waals surface area contributed by atoms with E-state index in [0.717, 1.165) is 64.0 Å². The number of aliphatic hydroxyl groups is 1. The summed E-state index contributed by atoms with van der Waals surface area (Å²) in [6.45, 7) is 2.58. The molecule has 6 nitrogen and oxygen atoms in total. The molecule has 2 fully saturated rings. The highest BCUT2D eigenvalue weighted by Gasteiger charge is 2.35. The summed E-state index contributed by atoms with van der Waals surface area (Å²) in [7, 11) is 1.71. The first-order chi connectivity index (χ1) is 12.2. The average molecular weight is 347 g/mol. The number of pyridine rings is 1. The van der Waals surface area contributed by atoms with Crippen molar-refractivity contribution in [2.75, 3.05) is 38.3 Å². The Bertz CT molecular complexity index is 591. The molecule has 6 heteroatoms. The van der Waals surface area contributed by atoms with Gasteiger partial charge in [0, 0.05) is 50.0 Å². The van der Waals surface area contributed by atoms with Gasteiger partial charge in [-0.05, 0) is 50.7 Å². The third-order valence-corrected chi connectivity index (χ3v) is 5.30. The van der Waals surface area contributed by atoms with E-state index in [1.807, 2.05) is 6.07 Å². The summed E-state index contributed by atoms with van der Waals surface area (Å²) in [6, 6.07) is 3.99. The zero-order valence-electron chi connectivity index (χ0n) is 15.0. The van der Waals surface area contributed by atoms with Crippen LogP contribution in [-0.2, 0) is 4.74 Å². The van der Waals surface area contributed by atoms with Gasteiger partial charge < -0.3 is 20.1 Å². The fourth-order valence-corrected chi connectivity index (χ4v) is 3.64. The summed E-state index contributed by atoms with van der Waals surface area (Å²) in [5, 5.41) is 13.0. The molecule has 1 unspecified atom stereocenters. The fourth-order valence-electron chi connectivity index (χ4n) is 3.64. The molecule has 1 atom stereocenters. The van der Waals surface area contributed by atoms with Crippen molar-refractivity contribution in [1.82, 2.24) is 10.3 Å². The number of carbonyl (C=O) groups is 1. The van der Waals surface area contributed by atoms with Crippen molar-refractivity contribution in [2.24, 2.45) is 5.41 Å². The molecule has 2 heterocycles. The Labute approximate surface area is 149 Å². The van der Waals surface area contributed by atoms with Crippen LogP contribution in [0.4, 0.5) is 5.82 Å². The Hall–Kier alpha value is -1.66. The van der Waals surface area contributed by atoms with Gasteiger partial charge in [0.1, 0.15) is 5.82 Å². The smallest absolute Gasteiger partial charge is 0.251 e. The van der Waals surface area contributed by atoms with Crippen LogP contribution in [0.25, 0.3) is 0 Å². The zero-order chi connectivity index (χ0) is 17.7. The molecule has 25 heavy (non-hydrogen) atoms. The summed E-state index contributed by atoms with van der Waals surface area (Å²) in [6.07, 6.45) is 7.79. The molecule has 1 aromatic rings. The van der Waals surface area contributed by atoms with Gasteiger partial charge in [-0.25, -0.2) is 4.98 Å². The van der Waals surface area contributed by atoms with Crippen molar-refractivity contribution in [3.05, 3.63) is 23.9 Å². The van der Waals surface area contributed by atoms with E-state index in [1.165, 1.54) is 0 Å². The standard InChI is InChI=1S/C19H29N3O3/c1-25-11-3-8-19(14-23)7-2-10-22(13-19)17-12-15(6-9-20-17)18(24)21-16-4-5-16/h6,9,12,16,23H,2-5,7-8,10-11,13-14H2,1H3,(H,21,24). The number of piperidine rings is 1. The van der Waals surface area contributed by atoms with Gasteiger partial charge in [-0.3, -0.25) is 4.79 Å². The number of anilines is 1. The number of carbonyl (C=O) groups excluding carboxylic acids is 1. The number of amides is 1. The second-order valence-electron chi connectivity index (χ2n) is 7.43. The Morgan fingerprint density at radius 3 is 3.08 bits per heavy atom. The molecular weight excluding hydrogens is 318 g/mol. The van der Waals surface area contributed by atoms with Crippen LogP contribution in [0.15, 0.2) is 18.3 Å². The first-order valence-corrected chi connectivity index (χ1v) is 9.27. The molecule has 1 aliphatic carbocycles. The van der Waals surface area contributed by atoms with Crippen molar-refractivity contribution < 1.29 is 14.6 Å². The Morgan fingerprint density at radius 1 is 1.52 bits per heavy atom. The lowest BCUT2D eigenvalue weighted by Gasteiger charge is -2.42. The maximum atomic E-state index is 12.3. The fraction of sp³-hybridized carbons (Fsp3) is 0.684. The molecule has 1 aliphatic heterocycles. The van der Waals surface area contributed by atoms with Crippen LogP contribution >= 0.6 is 0 Å². The van der Waals surface area contributed by atoms with E-state index >= 15 is 0 Å². The van der Waals surface area contributed by atoms with Crippen LogP contribution in [-0.4, -0.2) is 55.5 Å². The molecule has 1 amide bonds. The lowest BCUT2D eigenvalue weighted by atomic mass is 9.77. The molecule has 0 radical (unpaired) electrons. The number of nitrogens with one attached hydrogen (secondary N) is 1. The first-order valence-electron chi connectivity index (χ1n) is 9.27. The summed E-state index contributed by atoms with van der Waals surface area (Å²) in [4.78, 5) is 19.0. The monoisotopic (exact) mass is 347 g/mol. The number of aromatic nitrogens is 1. The van der Waals surface area contributed by atoms with Crippen molar-refractivity contribution in [2.45, 2.75) is 44.6 Å². The number of aliphatic hydroxyl groups excluding tert-OH is 1. The quantitative estimate of drug-likeness (QED) is 0.704. The van der Waals surface area contributed by atoms with E-state index in [2.05, 4.69) is 15.2 Å². The highest BCUT2D eigenvalue weighted by molar-refractivity contribution is 5.95. The zero-order valence-corrected chi connectivity index (χ0v) is 15.0. The molecule has 1 aromatic heterocycles. The maximum absolute atomic E-state index is 12.3. The van der Waals surface area contributed by atoms with Crippen molar-refractivity contribution in [3.63, 3.8) is 0 Å². The highest BCUT2D eigenvalue weighted by Crippen LogP contribution is 2.36. The maximum Gasteiger partial charge on any atom is 0.251 e. The van der Waals surface area contributed by atoms with Crippen molar-refractivity contribution >= 4 is 11.7 Å². The number of methoxy groups -OCH3 is 1. The van der Waals surface area contributed by atoms with Crippen LogP contribution in [0.3, 0.4) is 0 Å².